The molecule has 130 valence electrons. The van der Waals surface area contributed by atoms with Crippen LogP contribution in [0.1, 0.15) is 43.8 Å². The highest BCUT2D eigenvalue weighted by atomic mass is 16.7. The number of nitrogens with zero attached hydrogens (tertiary/aromatic N) is 4. The first-order valence-electron chi connectivity index (χ1n) is 8.70. The number of hydrogen-bond acceptors (Lipinski definition) is 7. The van der Waals surface area contributed by atoms with Gasteiger partial charge in [0, 0.05) is 24.4 Å². The molecule has 3 heterocycles. The first-order valence-corrected chi connectivity index (χ1v) is 8.70. The van der Waals surface area contributed by atoms with E-state index in [4.69, 9.17) is 14.9 Å². The zero-order chi connectivity index (χ0) is 18.4. The summed E-state index contributed by atoms with van der Waals surface area (Å²) in [4.78, 5) is 4.08. The summed E-state index contributed by atoms with van der Waals surface area (Å²) in [6.45, 7) is 0. The van der Waals surface area contributed by atoms with Gasteiger partial charge in [-0.25, -0.2) is 0 Å². The summed E-state index contributed by atoms with van der Waals surface area (Å²) < 4.78 is 12.2. The minimum absolute atomic E-state index is 0.318. The third kappa shape index (κ3) is 1.72. The van der Waals surface area contributed by atoms with Crippen molar-refractivity contribution in [3.63, 3.8) is 0 Å². The van der Waals surface area contributed by atoms with Gasteiger partial charge in [0.2, 0.25) is 17.1 Å². The van der Waals surface area contributed by atoms with E-state index < -0.39 is 28.6 Å². The topological polar surface area (TPSA) is 127 Å². The van der Waals surface area contributed by atoms with E-state index >= 15 is 0 Å². The first-order chi connectivity index (χ1) is 12.6. The lowest BCUT2D eigenvalue weighted by atomic mass is 9.52. The summed E-state index contributed by atoms with van der Waals surface area (Å²) in [6.07, 6.45) is 5.89. The minimum Gasteiger partial charge on any atom is -0.447 e. The Balaban J connectivity index is 2.01. The smallest absolute Gasteiger partial charge is 0.217 e. The van der Waals surface area contributed by atoms with Crippen LogP contribution in [0.3, 0.4) is 0 Å². The number of rotatable bonds is 1. The highest BCUT2D eigenvalue weighted by Crippen LogP contribution is 2.68. The van der Waals surface area contributed by atoms with Gasteiger partial charge in [-0.1, -0.05) is 18.9 Å². The molecule has 26 heavy (non-hydrogen) atoms. The first kappa shape index (κ1) is 16.5. The van der Waals surface area contributed by atoms with Gasteiger partial charge in [0.15, 0.2) is 5.41 Å². The molecule has 2 bridgehead atoms. The van der Waals surface area contributed by atoms with Gasteiger partial charge in [-0.15, -0.1) is 0 Å². The molecule has 2 aliphatic heterocycles. The van der Waals surface area contributed by atoms with E-state index in [2.05, 4.69) is 23.2 Å². The average Bonchev–Trinajstić information content (AvgIpc) is 2.81. The molecule has 0 spiro atoms. The Hall–Kier alpha value is -2.95. The van der Waals surface area contributed by atoms with Crippen LogP contribution in [-0.2, 0) is 9.47 Å². The highest BCUT2D eigenvalue weighted by molar-refractivity contribution is 5.89. The van der Waals surface area contributed by atoms with Crippen LogP contribution < -0.4 is 0 Å². The summed E-state index contributed by atoms with van der Waals surface area (Å²) in [7, 11) is 0. The fourth-order valence-corrected chi connectivity index (χ4v) is 4.87. The minimum atomic E-state index is -1.88. The van der Waals surface area contributed by atoms with Crippen molar-refractivity contribution in [2.24, 2.45) is 16.7 Å². The van der Waals surface area contributed by atoms with Crippen molar-refractivity contribution in [1.82, 2.24) is 4.98 Å². The lowest BCUT2D eigenvalue weighted by Gasteiger charge is -2.49. The van der Waals surface area contributed by atoms with Crippen molar-refractivity contribution >= 4 is 5.90 Å². The number of hydrogen-bond donors (Lipinski definition) is 1. The van der Waals surface area contributed by atoms with Crippen LogP contribution in [0.2, 0.25) is 0 Å². The van der Waals surface area contributed by atoms with Crippen LogP contribution in [0.25, 0.3) is 0 Å². The fraction of sp³-hybridized carbons (Fsp3) is 0.526. The van der Waals surface area contributed by atoms with Gasteiger partial charge in [-0.3, -0.25) is 10.4 Å². The maximum Gasteiger partial charge on any atom is 0.217 e. The third-order valence-corrected chi connectivity index (χ3v) is 6.05. The standard InChI is InChI=1S/C19H17N5O2/c20-10-17(11-21)15(13-5-4-8-24-9-13)25-19-7-3-1-2-6-14(19)18(17,12-22)16(23)26-19/h4-5,8-9,14-15,23H,1-3,6-7H2. The van der Waals surface area contributed by atoms with Crippen LogP contribution in [0.15, 0.2) is 24.5 Å². The SMILES string of the molecule is N#CC1(C#N)C(c2cccnc2)OC23CCCCCC2C1(C#N)C(=N)O3. The second-order valence-electron chi connectivity index (χ2n) is 7.13. The second-order valence-corrected chi connectivity index (χ2v) is 7.13. The Labute approximate surface area is 151 Å². The summed E-state index contributed by atoms with van der Waals surface area (Å²) >= 11 is 0. The molecule has 1 aliphatic carbocycles. The Bertz CT molecular complexity index is 866. The van der Waals surface area contributed by atoms with Gasteiger partial charge >= 0.3 is 0 Å². The van der Waals surface area contributed by atoms with Crippen molar-refractivity contribution in [3.05, 3.63) is 30.1 Å². The molecule has 4 atom stereocenters. The van der Waals surface area contributed by atoms with E-state index in [-0.39, 0.29) is 5.90 Å². The van der Waals surface area contributed by atoms with E-state index in [0.29, 0.717) is 18.4 Å². The largest absolute Gasteiger partial charge is 0.447 e. The van der Waals surface area contributed by atoms with Gasteiger partial charge in [-0.05, 0) is 18.9 Å². The summed E-state index contributed by atoms with van der Waals surface area (Å²) in [6, 6.07) is 9.72. The van der Waals surface area contributed by atoms with Crippen molar-refractivity contribution in [2.75, 3.05) is 0 Å². The van der Waals surface area contributed by atoms with Crippen LogP contribution in [0.5, 0.6) is 0 Å². The van der Waals surface area contributed by atoms with Crippen LogP contribution in [-0.4, -0.2) is 16.7 Å². The van der Waals surface area contributed by atoms with Crippen molar-refractivity contribution < 1.29 is 9.47 Å². The Morgan fingerprint density at radius 3 is 2.62 bits per heavy atom. The molecule has 0 aromatic carbocycles. The highest BCUT2D eigenvalue weighted by Gasteiger charge is 2.80. The fourth-order valence-electron chi connectivity index (χ4n) is 4.87. The maximum absolute atomic E-state index is 10.2. The predicted molar refractivity (Wildman–Crippen MR) is 87.9 cm³/mol. The van der Waals surface area contributed by atoms with Gasteiger partial charge in [0.25, 0.3) is 0 Å². The molecule has 3 fully saturated rings. The molecule has 1 N–H and O–H groups in total. The molecule has 2 saturated heterocycles. The predicted octanol–water partition coefficient (Wildman–Crippen LogP) is 2.98. The molecular formula is C19H17N5O2. The van der Waals surface area contributed by atoms with Crippen molar-refractivity contribution in [1.29, 1.82) is 21.2 Å². The molecule has 3 aliphatic rings. The van der Waals surface area contributed by atoms with E-state index in [1.807, 2.05) is 0 Å². The Kier molecular flexibility index (Phi) is 3.51. The number of nitrogens with one attached hydrogen (secondary N) is 1. The lowest BCUT2D eigenvalue weighted by molar-refractivity contribution is -0.285. The van der Waals surface area contributed by atoms with Gasteiger partial charge in [-0.2, -0.15) is 15.8 Å². The van der Waals surface area contributed by atoms with E-state index in [0.717, 1.165) is 19.3 Å². The number of ether oxygens (including phenoxy) is 2. The normalized spacial score (nSPS) is 37.2. The zero-order valence-electron chi connectivity index (χ0n) is 14.1. The molecule has 0 radical (unpaired) electrons. The lowest BCUT2D eigenvalue weighted by Crippen LogP contribution is -2.59. The van der Waals surface area contributed by atoms with Crippen LogP contribution in [0.4, 0.5) is 0 Å². The second kappa shape index (κ2) is 5.53. The molecule has 1 aromatic rings. The molecular weight excluding hydrogens is 330 g/mol. The van der Waals surface area contributed by atoms with Crippen molar-refractivity contribution in [2.45, 2.75) is 44.0 Å². The molecule has 1 saturated carbocycles. The maximum atomic E-state index is 10.2. The molecule has 7 nitrogen and oxygen atoms in total. The molecule has 0 amide bonds. The third-order valence-electron chi connectivity index (χ3n) is 6.05. The number of nitriles is 3. The molecule has 7 heteroatoms. The zero-order valence-corrected chi connectivity index (χ0v) is 14.1. The summed E-state index contributed by atoms with van der Waals surface area (Å²) in [5.41, 5.74) is -2.99. The van der Waals surface area contributed by atoms with Crippen LogP contribution in [0, 0.1) is 56.2 Å². The quantitative estimate of drug-likeness (QED) is 0.832. The summed E-state index contributed by atoms with van der Waals surface area (Å²) in [5, 5.41) is 38.8. The van der Waals surface area contributed by atoms with Crippen molar-refractivity contribution in [3.8, 4) is 18.2 Å². The molecule has 1 aromatic heterocycles. The Morgan fingerprint density at radius 2 is 1.96 bits per heavy atom. The van der Waals surface area contributed by atoms with Gasteiger partial charge in [0.1, 0.15) is 6.10 Å². The van der Waals surface area contributed by atoms with Crippen LogP contribution >= 0.6 is 0 Å². The summed E-state index contributed by atoms with van der Waals surface area (Å²) in [5.74, 6) is -1.97. The van der Waals surface area contributed by atoms with Gasteiger partial charge < -0.3 is 9.47 Å². The van der Waals surface area contributed by atoms with E-state index in [9.17, 15) is 15.8 Å². The van der Waals surface area contributed by atoms with E-state index in [1.54, 1.807) is 18.3 Å². The van der Waals surface area contributed by atoms with Gasteiger partial charge in [0.05, 0.1) is 24.1 Å². The number of aromatic nitrogens is 1. The number of pyridine rings is 1. The Morgan fingerprint density at radius 1 is 1.15 bits per heavy atom. The average molecular weight is 347 g/mol. The monoisotopic (exact) mass is 347 g/mol. The van der Waals surface area contributed by atoms with E-state index in [1.165, 1.54) is 6.20 Å². The molecule has 4 unspecified atom stereocenters. The molecule has 4 rings (SSSR count).